The topological polar surface area (TPSA) is 69.6 Å². The summed E-state index contributed by atoms with van der Waals surface area (Å²) in [6.45, 7) is 0.879. The van der Waals surface area contributed by atoms with Crippen LogP contribution in [-0.2, 0) is 11.2 Å². The highest BCUT2D eigenvalue weighted by Crippen LogP contribution is 2.15. The zero-order valence-corrected chi connectivity index (χ0v) is 14.6. The lowest BCUT2D eigenvalue weighted by molar-refractivity contribution is -0.860. The number of carbonyl (C=O) groups is 1. The molecule has 1 unspecified atom stereocenters. The first-order chi connectivity index (χ1) is 11.9. The Morgan fingerprint density at radius 1 is 1.04 bits per heavy atom. The van der Waals surface area contributed by atoms with Crippen molar-refractivity contribution in [2.75, 3.05) is 26.7 Å². The Morgan fingerprint density at radius 3 is 2.32 bits per heavy atom. The number of carboxylic acids is 1. The molecule has 1 atom stereocenters. The van der Waals surface area contributed by atoms with Gasteiger partial charge in [0.15, 0.2) is 0 Å². The van der Waals surface area contributed by atoms with E-state index in [0.717, 1.165) is 12.2 Å². The first kappa shape index (κ1) is 19.0. The van der Waals surface area contributed by atoms with Gasteiger partial charge in [-0.15, -0.1) is 0 Å². The van der Waals surface area contributed by atoms with Crippen molar-refractivity contribution < 1.29 is 19.3 Å². The molecule has 25 heavy (non-hydrogen) atoms. The Labute approximate surface area is 148 Å². The van der Waals surface area contributed by atoms with Gasteiger partial charge in [-0.3, -0.25) is 4.79 Å². The molecular formula is C20H25NO4. The van der Waals surface area contributed by atoms with Gasteiger partial charge < -0.3 is 19.7 Å². The molecule has 134 valence electrons. The highest BCUT2D eigenvalue weighted by molar-refractivity contribution is 5.66. The van der Waals surface area contributed by atoms with E-state index in [-0.39, 0.29) is 13.0 Å². The summed E-state index contributed by atoms with van der Waals surface area (Å²) in [6, 6.07) is 18.2. The van der Waals surface area contributed by atoms with Gasteiger partial charge in [-0.1, -0.05) is 42.5 Å². The van der Waals surface area contributed by atoms with Crippen molar-refractivity contribution in [1.29, 1.82) is 0 Å². The molecule has 5 heteroatoms. The molecule has 0 spiro atoms. The largest absolute Gasteiger partial charge is 0.633 e. The fourth-order valence-corrected chi connectivity index (χ4v) is 2.57. The molecule has 0 bridgehead atoms. The molecule has 0 aliphatic carbocycles. The lowest BCUT2D eigenvalue weighted by Crippen LogP contribution is -2.40. The SMILES string of the molecule is C[N+]([O-])(CCCOc1ccc(Cc2ccccc2)cc1)CCC(=O)O. The second-order valence-electron chi connectivity index (χ2n) is 6.40. The van der Waals surface area contributed by atoms with E-state index in [1.54, 1.807) is 0 Å². The smallest absolute Gasteiger partial charge is 0.309 e. The van der Waals surface area contributed by atoms with Crippen LogP contribution in [0.1, 0.15) is 24.0 Å². The van der Waals surface area contributed by atoms with E-state index in [0.29, 0.717) is 19.6 Å². The van der Waals surface area contributed by atoms with Gasteiger partial charge in [0.25, 0.3) is 0 Å². The predicted molar refractivity (Wildman–Crippen MR) is 97.3 cm³/mol. The summed E-state index contributed by atoms with van der Waals surface area (Å²) in [5.74, 6) is -0.158. The molecule has 1 N–H and O–H groups in total. The standard InChI is InChI=1S/C20H25NO4/c1-21(24,14-12-20(22)23)13-5-15-25-19-10-8-18(9-11-19)16-17-6-3-2-4-7-17/h2-4,6-11H,5,12-16H2,1H3,(H,22,23). The summed E-state index contributed by atoms with van der Waals surface area (Å²) in [7, 11) is 1.50. The Morgan fingerprint density at radius 2 is 1.68 bits per heavy atom. The van der Waals surface area contributed by atoms with Crippen LogP contribution in [0.25, 0.3) is 0 Å². The molecule has 2 aromatic rings. The third-order valence-corrected chi connectivity index (χ3v) is 4.02. The van der Waals surface area contributed by atoms with Crippen LogP contribution in [0.5, 0.6) is 5.75 Å². The van der Waals surface area contributed by atoms with Gasteiger partial charge in [0.2, 0.25) is 0 Å². The highest BCUT2D eigenvalue weighted by Gasteiger charge is 2.12. The van der Waals surface area contributed by atoms with Crippen LogP contribution >= 0.6 is 0 Å². The third kappa shape index (κ3) is 7.37. The molecule has 2 aromatic carbocycles. The van der Waals surface area contributed by atoms with E-state index in [9.17, 15) is 10.0 Å². The minimum atomic E-state index is -0.938. The zero-order chi connectivity index (χ0) is 18.1. The average Bonchev–Trinajstić information content (AvgIpc) is 2.59. The van der Waals surface area contributed by atoms with Gasteiger partial charge in [-0.2, -0.15) is 0 Å². The Bertz CT molecular complexity index is 653. The fourth-order valence-electron chi connectivity index (χ4n) is 2.57. The van der Waals surface area contributed by atoms with Crippen LogP contribution in [0.4, 0.5) is 0 Å². The van der Waals surface area contributed by atoms with E-state index < -0.39 is 10.6 Å². The molecule has 0 heterocycles. The Hall–Kier alpha value is -2.37. The number of carboxylic acid groups (broad SMARTS) is 1. The van der Waals surface area contributed by atoms with E-state index in [4.69, 9.17) is 9.84 Å². The molecule has 5 nitrogen and oxygen atoms in total. The first-order valence-corrected chi connectivity index (χ1v) is 8.48. The highest BCUT2D eigenvalue weighted by atomic mass is 16.5. The maximum Gasteiger partial charge on any atom is 0.309 e. The molecule has 0 aliphatic heterocycles. The molecule has 0 saturated carbocycles. The van der Waals surface area contributed by atoms with Crippen molar-refractivity contribution >= 4 is 5.97 Å². The minimum absolute atomic E-state index is 0.0868. The van der Waals surface area contributed by atoms with Crippen LogP contribution in [-0.4, -0.2) is 42.5 Å². The van der Waals surface area contributed by atoms with Crippen LogP contribution < -0.4 is 4.74 Å². The summed E-state index contributed by atoms with van der Waals surface area (Å²) in [5, 5.41) is 20.7. The fraction of sp³-hybridized carbons (Fsp3) is 0.350. The lowest BCUT2D eigenvalue weighted by Gasteiger charge is -2.38. The van der Waals surface area contributed by atoms with E-state index in [1.807, 2.05) is 42.5 Å². The molecule has 0 aliphatic rings. The van der Waals surface area contributed by atoms with Crippen LogP contribution in [0, 0.1) is 5.21 Å². The van der Waals surface area contributed by atoms with Crippen molar-refractivity contribution in [2.45, 2.75) is 19.3 Å². The first-order valence-electron chi connectivity index (χ1n) is 8.48. The van der Waals surface area contributed by atoms with Gasteiger partial charge in [-0.25, -0.2) is 0 Å². The van der Waals surface area contributed by atoms with E-state index >= 15 is 0 Å². The monoisotopic (exact) mass is 343 g/mol. The summed E-state index contributed by atoms with van der Waals surface area (Å²) in [5.41, 5.74) is 2.49. The summed E-state index contributed by atoms with van der Waals surface area (Å²) >= 11 is 0. The van der Waals surface area contributed by atoms with Gasteiger partial charge in [0, 0.05) is 6.42 Å². The van der Waals surface area contributed by atoms with Crippen LogP contribution in [0.2, 0.25) is 0 Å². The lowest BCUT2D eigenvalue weighted by atomic mass is 10.1. The Kier molecular flexibility index (Phi) is 6.98. The maximum atomic E-state index is 12.1. The summed E-state index contributed by atoms with van der Waals surface area (Å²) in [4.78, 5) is 10.5. The predicted octanol–water partition coefficient (Wildman–Crippen LogP) is 3.47. The van der Waals surface area contributed by atoms with Crippen LogP contribution in [0.3, 0.4) is 0 Å². The minimum Gasteiger partial charge on any atom is -0.633 e. The number of nitrogens with zero attached hydrogens (tertiary/aromatic N) is 1. The molecule has 0 aromatic heterocycles. The summed E-state index contributed by atoms with van der Waals surface area (Å²) in [6.07, 6.45) is 1.37. The molecular weight excluding hydrogens is 318 g/mol. The number of quaternary nitrogens is 1. The van der Waals surface area contributed by atoms with Crippen molar-refractivity contribution in [2.24, 2.45) is 0 Å². The molecule has 0 saturated heterocycles. The zero-order valence-electron chi connectivity index (χ0n) is 14.6. The second kappa shape index (κ2) is 9.20. The molecule has 0 fully saturated rings. The number of hydrogen-bond donors (Lipinski definition) is 1. The van der Waals surface area contributed by atoms with Gasteiger partial charge in [-0.05, 0) is 29.7 Å². The van der Waals surface area contributed by atoms with Gasteiger partial charge in [0.1, 0.15) is 5.75 Å². The third-order valence-electron chi connectivity index (χ3n) is 4.02. The number of rotatable bonds is 10. The van der Waals surface area contributed by atoms with E-state index in [1.165, 1.54) is 18.2 Å². The average molecular weight is 343 g/mol. The van der Waals surface area contributed by atoms with Crippen LogP contribution in [0.15, 0.2) is 54.6 Å². The van der Waals surface area contributed by atoms with Crippen molar-refractivity contribution in [1.82, 2.24) is 0 Å². The molecule has 0 amide bonds. The summed E-state index contributed by atoms with van der Waals surface area (Å²) < 4.78 is 5.12. The molecule has 2 rings (SSSR count). The number of hydroxylamine groups is 3. The van der Waals surface area contributed by atoms with Crippen molar-refractivity contribution in [3.8, 4) is 5.75 Å². The van der Waals surface area contributed by atoms with E-state index in [2.05, 4.69) is 12.1 Å². The number of hydrogen-bond acceptors (Lipinski definition) is 3. The van der Waals surface area contributed by atoms with Gasteiger partial charge in [0.05, 0.1) is 33.2 Å². The van der Waals surface area contributed by atoms with Crippen molar-refractivity contribution in [3.05, 3.63) is 70.9 Å². The van der Waals surface area contributed by atoms with Gasteiger partial charge >= 0.3 is 5.97 Å². The quantitative estimate of drug-likeness (QED) is 0.407. The second-order valence-corrected chi connectivity index (χ2v) is 6.40. The van der Waals surface area contributed by atoms with Crippen molar-refractivity contribution in [3.63, 3.8) is 0 Å². The number of benzene rings is 2. The maximum absolute atomic E-state index is 12.1. The number of ether oxygens (including phenoxy) is 1. The number of aliphatic carboxylic acids is 1. The normalized spacial score (nSPS) is 13.2. The Balaban J connectivity index is 1.72. The molecule has 0 radical (unpaired) electrons.